The summed E-state index contributed by atoms with van der Waals surface area (Å²) in [5.74, 6) is 0.0895. The molecule has 1 aromatic heterocycles. The predicted molar refractivity (Wildman–Crippen MR) is 97.4 cm³/mol. The summed E-state index contributed by atoms with van der Waals surface area (Å²) >= 11 is -0.972. The van der Waals surface area contributed by atoms with Crippen LogP contribution in [0.3, 0.4) is 0 Å². The standard InChI is InChI=1S/C14H16NO3S.3CH3.Sn/c1-14(2,3)18-13(17)15-7-11(6-12(16)8-15)10-4-5-19-9-10;;;;/h4-5,9H,7-8H2,1-3H3;3*1H3;. The molecule has 0 radical (unpaired) electrons. The van der Waals surface area contributed by atoms with Crippen molar-refractivity contribution >= 4 is 47.2 Å². The summed E-state index contributed by atoms with van der Waals surface area (Å²) in [4.78, 5) is 33.4. The molecule has 0 saturated heterocycles. The Bertz CT molecular complexity index is 636. The first-order valence-electron chi connectivity index (χ1n) is 7.76. The summed E-state index contributed by atoms with van der Waals surface area (Å²) in [5.41, 5.74) is 1.53. The number of carbonyl (C=O) groups is 2. The molecule has 4 nitrogen and oxygen atoms in total. The molecule has 1 aromatic rings. The molecule has 6 heteroatoms. The zero-order chi connectivity index (χ0) is 17.4. The number of nitrogens with zero attached hydrogens (tertiary/aromatic N) is 1. The molecule has 1 amide bonds. The van der Waals surface area contributed by atoms with Crippen LogP contribution in [0.1, 0.15) is 26.3 Å². The first-order chi connectivity index (χ1) is 10.5. The van der Waals surface area contributed by atoms with Gasteiger partial charge in [0.05, 0.1) is 0 Å². The van der Waals surface area contributed by atoms with Crippen molar-refractivity contribution in [2.24, 2.45) is 0 Å². The zero-order valence-electron chi connectivity index (χ0n) is 14.7. The molecule has 2 rings (SSSR count). The van der Waals surface area contributed by atoms with E-state index in [1.165, 1.54) is 4.90 Å². The van der Waals surface area contributed by atoms with Gasteiger partial charge in [0.2, 0.25) is 0 Å². The average molecular weight is 442 g/mol. The van der Waals surface area contributed by atoms with Gasteiger partial charge in [-0.2, -0.15) is 0 Å². The molecule has 0 aromatic carbocycles. The third kappa shape index (κ3) is 4.59. The Kier molecular flexibility index (Phi) is 5.30. The number of amides is 1. The van der Waals surface area contributed by atoms with Gasteiger partial charge in [0.1, 0.15) is 0 Å². The van der Waals surface area contributed by atoms with E-state index in [1.807, 2.05) is 32.2 Å². The van der Waals surface area contributed by atoms with Crippen molar-refractivity contribution < 1.29 is 14.3 Å². The summed E-state index contributed by atoms with van der Waals surface area (Å²) in [7, 11) is 0. The van der Waals surface area contributed by atoms with Crippen molar-refractivity contribution in [3.63, 3.8) is 0 Å². The molecule has 0 saturated carbocycles. The van der Waals surface area contributed by atoms with Crippen LogP contribution in [-0.2, 0) is 9.53 Å². The Hall–Kier alpha value is -0.821. The summed E-state index contributed by atoms with van der Waals surface area (Å²) in [5, 5.41) is 4.06. The quantitative estimate of drug-likeness (QED) is 0.646. The molecule has 23 heavy (non-hydrogen) atoms. The maximum atomic E-state index is 12.8. The monoisotopic (exact) mass is 443 g/mol. The van der Waals surface area contributed by atoms with Gasteiger partial charge in [-0.3, -0.25) is 0 Å². The van der Waals surface area contributed by atoms with Gasteiger partial charge in [0, 0.05) is 0 Å². The van der Waals surface area contributed by atoms with Crippen LogP contribution in [0, 0.1) is 0 Å². The fourth-order valence-electron chi connectivity index (χ4n) is 2.74. The van der Waals surface area contributed by atoms with Crippen molar-refractivity contribution in [3.8, 4) is 0 Å². The molecule has 0 bridgehead atoms. The van der Waals surface area contributed by atoms with E-state index in [0.29, 0.717) is 6.54 Å². The van der Waals surface area contributed by atoms with Gasteiger partial charge in [-0.25, -0.2) is 0 Å². The SMILES string of the molecule is CC(C)(C)OC(=O)N1CC(=O)[C]([Sn]([CH3])([CH3])[CH3])=C(c2ccsc2)C1. The first kappa shape index (κ1) is 18.5. The molecule has 126 valence electrons. The van der Waals surface area contributed by atoms with Gasteiger partial charge in [-0.15, -0.1) is 0 Å². The van der Waals surface area contributed by atoms with Crippen molar-refractivity contribution in [3.05, 3.63) is 26.0 Å². The third-order valence-corrected chi connectivity index (χ3v) is 10.2. The molecule has 0 fully saturated rings. The number of rotatable bonds is 2. The van der Waals surface area contributed by atoms with E-state index in [4.69, 9.17) is 4.74 Å². The number of carbonyl (C=O) groups excluding carboxylic acids is 2. The molecule has 0 atom stereocenters. The number of ketones is 1. The fourth-order valence-corrected chi connectivity index (χ4v) is 9.25. The first-order valence-corrected chi connectivity index (χ1v) is 18.7. The minimum atomic E-state index is -2.58. The number of hydrogen-bond donors (Lipinski definition) is 0. The van der Waals surface area contributed by atoms with Crippen LogP contribution in [0.2, 0.25) is 14.8 Å². The molecule has 0 unspecified atom stereocenters. The fraction of sp³-hybridized carbons (Fsp3) is 0.529. The number of thiophene rings is 1. The van der Waals surface area contributed by atoms with Crippen LogP contribution in [0.25, 0.3) is 5.57 Å². The molecule has 0 aliphatic carbocycles. The van der Waals surface area contributed by atoms with Crippen LogP contribution in [0.5, 0.6) is 0 Å². The number of hydrogen-bond acceptors (Lipinski definition) is 4. The van der Waals surface area contributed by atoms with Gasteiger partial charge < -0.3 is 0 Å². The van der Waals surface area contributed by atoms with E-state index in [9.17, 15) is 9.59 Å². The van der Waals surface area contributed by atoms with Gasteiger partial charge in [0.15, 0.2) is 0 Å². The Morgan fingerprint density at radius 3 is 2.39 bits per heavy atom. The average Bonchev–Trinajstić information content (AvgIpc) is 2.87. The Morgan fingerprint density at radius 1 is 1.26 bits per heavy atom. The van der Waals surface area contributed by atoms with Crippen LogP contribution in [0.4, 0.5) is 4.79 Å². The van der Waals surface area contributed by atoms with E-state index in [0.717, 1.165) is 14.7 Å². The van der Waals surface area contributed by atoms with E-state index < -0.39 is 30.1 Å². The molecule has 1 aliphatic rings. The molecule has 2 heterocycles. The van der Waals surface area contributed by atoms with Crippen molar-refractivity contribution in [2.75, 3.05) is 13.1 Å². The molecular weight excluding hydrogens is 417 g/mol. The second-order valence-corrected chi connectivity index (χ2v) is 22.9. The van der Waals surface area contributed by atoms with E-state index in [2.05, 4.69) is 20.2 Å². The summed E-state index contributed by atoms with van der Waals surface area (Å²) in [6.45, 7) is 6.10. The normalized spacial score (nSPS) is 16.8. The van der Waals surface area contributed by atoms with Crippen molar-refractivity contribution in [2.45, 2.75) is 41.2 Å². The van der Waals surface area contributed by atoms with Crippen molar-refractivity contribution in [1.82, 2.24) is 4.90 Å². The zero-order valence-corrected chi connectivity index (χ0v) is 18.4. The van der Waals surface area contributed by atoms with Crippen LogP contribution in [-0.4, -0.2) is 53.8 Å². The minimum absolute atomic E-state index is 0.0895. The molecule has 0 spiro atoms. The van der Waals surface area contributed by atoms with Crippen LogP contribution < -0.4 is 0 Å². The van der Waals surface area contributed by atoms with Gasteiger partial charge >= 0.3 is 147 Å². The number of Topliss-reactive ketones (excluding diaryl/α,β-unsaturated/α-hetero) is 1. The Morgan fingerprint density at radius 2 is 1.91 bits per heavy atom. The van der Waals surface area contributed by atoms with E-state index >= 15 is 0 Å². The second kappa shape index (κ2) is 6.59. The summed E-state index contributed by atoms with van der Waals surface area (Å²) in [6, 6.07) is 2.03. The second-order valence-electron chi connectivity index (χ2n) is 7.88. The van der Waals surface area contributed by atoms with E-state index in [1.54, 1.807) is 11.3 Å². The molecular formula is C17H25NO3SSn. The van der Waals surface area contributed by atoms with Crippen LogP contribution >= 0.6 is 11.3 Å². The molecule has 0 N–H and O–H groups in total. The molecule has 1 aliphatic heterocycles. The van der Waals surface area contributed by atoms with Gasteiger partial charge in [-0.1, -0.05) is 0 Å². The topological polar surface area (TPSA) is 46.6 Å². The Balaban J connectivity index is 2.39. The van der Waals surface area contributed by atoms with Crippen LogP contribution in [0.15, 0.2) is 20.4 Å². The van der Waals surface area contributed by atoms with Gasteiger partial charge in [-0.05, 0) is 0 Å². The number of ether oxygens (including phenoxy) is 1. The third-order valence-electron chi connectivity index (χ3n) is 3.54. The predicted octanol–water partition coefficient (Wildman–Crippen LogP) is 4.20. The van der Waals surface area contributed by atoms with Crippen molar-refractivity contribution in [1.29, 1.82) is 0 Å². The van der Waals surface area contributed by atoms with Gasteiger partial charge in [0.25, 0.3) is 0 Å². The summed E-state index contributed by atoms with van der Waals surface area (Å²) in [6.07, 6.45) is -0.415. The van der Waals surface area contributed by atoms with E-state index in [-0.39, 0.29) is 12.3 Å². The maximum absolute atomic E-state index is 12.8. The summed E-state index contributed by atoms with van der Waals surface area (Å²) < 4.78 is 6.47. The Labute approximate surface area is 146 Å².